The maximum absolute atomic E-state index is 12.6. The minimum atomic E-state index is -0.961. The lowest BCUT2D eigenvalue weighted by atomic mass is 9.97. The van der Waals surface area contributed by atoms with Gasteiger partial charge in [-0.3, -0.25) is 4.79 Å². The molecule has 0 radical (unpaired) electrons. The molecule has 2 aromatic rings. The number of carbonyl (C=O) groups is 2. The van der Waals surface area contributed by atoms with Gasteiger partial charge in [-0.2, -0.15) is 0 Å². The number of esters is 1. The molecule has 4 nitrogen and oxygen atoms in total. The van der Waals surface area contributed by atoms with Crippen molar-refractivity contribution in [2.24, 2.45) is 0 Å². The molecular weight excluding hydrogens is 304 g/mol. The standard InChI is InChI=1S/C20H14O4/c1-13(14-8-4-2-5-9-14)12-16-18(21)17(19(22)20(23)24-16)15-10-6-3-7-11-15/h2-11,22H,1H3. The van der Waals surface area contributed by atoms with Crippen LogP contribution in [-0.2, 0) is 14.3 Å². The zero-order valence-corrected chi connectivity index (χ0v) is 12.9. The first kappa shape index (κ1) is 15.5. The van der Waals surface area contributed by atoms with Crippen LogP contribution < -0.4 is 0 Å². The fourth-order valence-corrected chi connectivity index (χ4v) is 2.40. The number of ether oxygens (including phenoxy) is 1. The van der Waals surface area contributed by atoms with Crippen molar-refractivity contribution in [3.8, 4) is 0 Å². The number of ketones is 1. The van der Waals surface area contributed by atoms with Crippen molar-refractivity contribution >= 4 is 22.9 Å². The van der Waals surface area contributed by atoms with Gasteiger partial charge in [-0.15, -0.1) is 0 Å². The lowest BCUT2D eigenvalue weighted by molar-refractivity contribution is -0.141. The molecule has 0 aliphatic carbocycles. The summed E-state index contributed by atoms with van der Waals surface area (Å²) in [6.07, 6.45) is 0. The summed E-state index contributed by atoms with van der Waals surface area (Å²) < 4.78 is 4.94. The van der Waals surface area contributed by atoms with E-state index < -0.39 is 17.5 Å². The SMILES string of the molecule is CC(=C=C1OC(=O)C(O)=C(c2ccccc2)C1=O)c1ccccc1. The van der Waals surface area contributed by atoms with E-state index in [1.165, 1.54) is 0 Å². The Morgan fingerprint density at radius 2 is 1.54 bits per heavy atom. The largest absolute Gasteiger partial charge is 0.501 e. The highest BCUT2D eigenvalue weighted by atomic mass is 16.6. The molecular formula is C20H14O4. The first-order valence-corrected chi connectivity index (χ1v) is 7.36. The average molecular weight is 318 g/mol. The minimum absolute atomic E-state index is 0.0739. The molecule has 0 amide bonds. The summed E-state index contributed by atoms with van der Waals surface area (Å²) >= 11 is 0. The average Bonchev–Trinajstić information content (AvgIpc) is 2.61. The van der Waals surface area contributed by atoms with Crippen LogP contribution in [0.3, 0.4) is 0 Å². The van der Waals surface area contributed by atoms with Gasteiger partial charge in [0.2, 0.25) is 17.3 Å². The molecule has 24 heavy (non-hydrogen) atoms. The number of aliphatic hydroxyl groups is 1. The Morgan fingerprint density at radius 1 is 0.958 bits per heavy atom. The quantitative estimate of drug-likeness (QED) is 0.521. The third-order valence-corrected chi connectivity index (χ3v) is 3.63. The van der Waals surface area contributed by atoms with Crippen molar-refractivity contribution in [1.29, 1.82) is 0 Å². The predicted molar refractivity (Wildman–Crippen MR) is 89.6 cm³/mol. The van der Waals surface area contributed by atoms with Crippen LogP contribution in [-0.4, -0.2) is 16.9 Å². The Morgan fingerprint density at radius 3 is 2.17 bits per heavy atom. The van der Waals surface area contributed by atoms with E-state index in [4.69, 9.17) is 4.74 Å². The second-order valence-electron chi connectivity index (χ2n) is 5.25. The molecule has 0 fully saturated rings. The Labute approximate surface area is 139 Å². The van der Waals surface area contributed by atoms with Crippen LogP contribution in [0.15, 0.2) is 77.9 Å². The van der Waals surface area contributed by atoms with E-state index in [0.717, 1.165) is 5.56 Å². The van der Waals surface area contributed by atoms with Crippen LogP contribution in [0.2, 0.25) is 0 Å². The van der Waals surface area contributed by atoms with Crippen molar-refractivity contribution in [3.05, 3.63) is 89.0 Å². The highest BCUT2D eigenvalue weighted by Gasteiger charge is 2.33. The van der Waals surface area contributed by atoms with E-state index in [2.05, 4.69) is 5.73 Å². The summed E-state index contributed by atoms with van der Waals surface area (Å²) in [6.45, 7) is 1.77. The van der Waals surface area contributed by atoms with Crippen LogP contribution in [0.5, 0.6) is 0 Å². The summed E-state index contributed by atoms with van der Waals surface area (Å²) in [6, 6.07) is 17.8. The molecule has 0 bridgehead atoms. The second-order valence-corrected chi connectivity index (χ2v) is 5.25. The molecule has 1 N–H and O–H groups in total. The number of benzene rings is 2. The lowest BCUT2D eigenvalue weighted by Gasteiger charge is -2.16. The molecule has 0 aromatic heterocycles. The number of cyclic esters (lactones) is 1. The molecule has 0 spiro atoms. The van der Waals surface area contributed by atoms with E-state index in [0.29, 0.717) is 11.1 Å². The van der Waals surface area contributed by atoms with E-state index in [1.807, 2.05) is 30.3 Å². The van der Waals surface area contributed by atoms with Crippen molar-refractivity contribution in [2.45, 2.75) is 6.92 Å². The fraction of sp³-hybridized carbons (Fsp3) is 0.0500. The third kappa shape index (κ3) is 2.91. The van der Waals surface area contributed by atoms with Gasteiger partial charge >= 0.3 is 5.97 Å². The molecule has 1 aliphatic rings. The second kappa shape index (κ2) is 6.41. The zero-order valence-electron chi connectivity index (χ0n) is 12.9. The van der Waals surface area contributed by atoms with E-state index in [-0.39, 0.29) is 11.3 Å². The van der Waals surface area contributed by atoms with Gasteiger partial charge in [0.25, 0.3) is 0 Å². The van der Waals surface area contributed by atoms with Crippen LogP contribution in [0.4, 0.5) is 0 Å². The monoisotopic (exact) mass is 318 g/mol. The van der Waals surface area contributed by atoms with Gasteiger partial charge in [-0.05, 0) is 18.1 Å². The Kier molecular flexibility index (Phi) is 4.15. The van der Waals surface area contributed by atoms with Gasteiger partial charge in [0.15, 0.2) is 0 Å². The third-order valence-electron chi connectivity index (χ3n) is 3.63. The summed E-state index contributed by atoms with van der Waals surface area (Å²) in [5, 5.41) is 9.97. The summed E-state index contributed by atoms with van der Waals surface area (Å²) in [5.74, 6) is -2.45. The number of rotatable bonds is 2. The van der Waals surface area contributed by atoms with Gasteiger partial charge < -0.3 is 9.84 Å². The van der Waals surface area contributed by atoms with Crippen molar-refractivity contribution < 1.29 is 19.4 Å². The predicted octanol–water partition coefficient (Wildman–Crippen LogP) is 3.67. The van der Waals surface area contributed by atoms with Crippen molar-refractivity contribution in [1.82, 2.24) is 0 Å². The maximum Gasteiger partial charge on any atom is 0.380 e. The molecule has 4 heteroatoms. The number of hydrogen-bond acceptors (Lipinski definition) is 4. The summed E-state index contributed by atoms with van der Waals surface area (Å²) in [7, 11) is 0. The number of allylic oxidation sites excluding steroid dienone is 1. The highest BCUT2D eigenvalue weighted by Crippen LogP contribution is 2.28. The molecule has 0 saturated heterocycles. The molecule has 0 saturated carbocycles. The van der Waals surface area contributed by atoms with E-state index >= 15 is 0 Å². The molecule has 118 valence electrons. The smallest absolute Gasteiger partial charge is 0.380 e. The highest BCUT2D eigenvalue weighted by molar-refractivity contribution is 6.33. The molecule has 3 rings (SSSR count). The van der Waals surface area contributed by atoms with Gasteiger partial charge in [-0.1, -0.05) is 66.4 Å². The molecule has 2 aromatic carbocycles. The fourth-order valence-electron chi connectivity index (χ4n) is 2.40. The van der Waals surface area contributed by atoms with Gasteiger partial charge in [0.1, 0.15) is 0 Å². The zero-order chi connectivity index (χ0) is 17.1. The van der Waals surface area contributed by atoms with E-state index in [9.17, 15) is 14.7 Å². The van der Waals surface area contributed by atoms with Crippen LogP contribution in [0.25, 0.3) is 11.1 Å². The van der Waals surface area contributed by atoms with Crippen LogP contribution >= 0.6 is 0 Å². The van der Waals surface area contributed by atoms with E-state index in [1.54, 1.807) is 37.3 Å². The summed E-state index contributed by atoms with van der Waals surface area (Å²) in [4.78, 5) is 24.5. The van der Waals surface area contributed by atoms with Crippen LogP contribution in [0.1, 0.15) is 18.1 Å². The topological polar surface area (TPSA) is 63.6 Å². The van der Waals surface area contributed by atoms with Crippen molar-refractivity contribution in [2.75, 3.05) is 0 Å². The van der Waals surface area contributed by atoms with Crippen LogP contribution in [0, 0.1) is 0 Å². The van der Waals surface area contributed by atoms with Gasteiger partial charge in [0.05, 0.1) is 5.57 Å². The van der Waals surface area contributed by atoms with Gasteiger partial charge in [0, 0.05) is 5.57 Å². The molecule has 0 atom stereocenters. The van der Waals surface area contributed by atoms with Crippen molar-refractivity contribution in [3.63, 3.8) is 0 Å². The first-order chi connectivity index (χ1) is 11.6. The lowest BCUT2D eigenvalue weighted by Crippen LogP contribution is -2.23. The number of carbonyl (C=O) groups excluding carboxylic acids is 2. The molecule has 1 heterocycles. The Hall–Kier alpha value is -3.36. The Balaban J connectivity index is 2.12. The number of aliphatic hydroxyl groups excluding tert-OH is 1. The normalized spacial score (nSPS) is 14.3. The molecule has 1 aliphatic heterocycles. The number of hydrogen-bond donors (Lipinski definition) is 1. The van der Waals surface area contributed by atoms with Gasteiger partial charge in [-0.25, -0.2) is 4.79 Å². The molecule has 0 unspecified atom stereocenters. The number of Topliss-reactive ketones (excluding diaryl/α,β-unsaturated/α-hetero) is 1. The Bertz CT molecular complexity index is 899. The first-order valence-electron chi connectivity index (χ1n) is 7.36. The summed E-state index contributed by atoms with van der Waals surface area (Å²) in [5.41, 5.74) is 4.72. The maximum atomic E-state index is 12.6. The minimum Gasteiger partial charge on any atom is -0.501 e.